The van der Waals surface area contributed by atoms with Gasteiger partial charge in [0.2, 0.25) is 0 Å². The molecule has 0 amide bonds. The first kappa shape index (κ1) is 13.3. The molecular formula is C13H27N3O. The molecule has 2 atom stereocenters. The highest BCUT2D eigenvalue weighted by Gasteiger charge is 2.36. The van der Waals surface area contributed by atoms with Gasteiger partial charge in [0.1, 0.15) is 0 Å². The first-order valence-corrected chi connectivity index (χ1v) is 6.89. The SMILES string of the molecule is CCC1CN(CC2(CN)CCOC2)CCN1C. The molecule has 100 valence electrons. The summed E-state index contributed by atoms with van der Waals surface area (Å²) in [6, 6.07) is 0.709. The van der Waals surface area contributed by atoms with Crippen molar-refractivity contribution in [3.05, 3.63) is 0 Å². The van der Waals surface area contributed by atoms with Crippen molar-refractivity contribution in [3.63, 3.8) is 0 Å². The summed E-state index contributed by atoms with van der Waals surface area (Å²) in [5, 5.41) is 0. The maximum Gasteiger partial charge on any atom is 0.0547 e. The van der Waals surface area contributed by atoms with E-state index in [0.717, 1.165) is 32.7 Å². The number of rotatable bonds is 4. The Morgan fingerprint density at radius 2 is 2.24 bits per heavy atom. The molecular weight excluding hydrogens is 214 g/mol. The summed E-state index contributed by atoms with van der Waals surface area (Å²) in [6.45, 7) is 9.45. The Labute approximate surface area is 105 Å². The van der Waals surface area contributed by atoms with Gasteiger partial charge in [0.15, 0.2) is 0 Å². The number of hydrogen-bond acceptors (Lipinski definition) is 4. The molecule has 4 nitrogen and oxygen atoms in total. The van der Waals surface area contributed by atoms with Gasteiger partial charge in [0.25, 0.3) is 0 Å². The van der Waals surface area contributed by atoms with E-state index in [1.165, 1.54) is 26.1 Å². The number of nitrogens with two attached hydrogens (primary N) is 1. The molecule has 2 rings (SSSR count). The van der Waals surface area contributed by atoms with Crippen molar-refractivity contribution in [1.29, 1.82) is 0 Å². The Balaban J connectivity index is 1.90. The van der Waals surface area contributed by atoms with Crippen LogP contribution in [0.5, 0.6) is 0 Å². The number of likely N-dealkylation sites (N-methyl/N-ethyl adjacent to an activating group) is 1. The van der Waals surface area contributed by atoms with Gasteiger partial charge >= 0.3 is 0 Å². The first-order chi connectivity index (χ1) is 8.19. The number of ether oxygens (including phenoxy) is 1. The maximum atomic E-state index is 5.96. The van der Waals surface area contributed by atoms with E-state index < -0.39 is 0 Å². The van der Waals surface area contributed by atoms with Gasteiger partial charge in [0.05, 0.1) is 6.61 Å². The lowest BCUT2D eigenvalue weighted by atomic mass is 9.86. The van der Waals surface area contributed by atoms with Crippen LogP contribution in [0.4, 0.5) is 0 Å². The van der Waals surface area contributed by atoms with Gasteiger partial charge < -0.3 is 15.4 Å². The van der Waals surface area contributed by atoms with Crippen LogP contribution in [0, 0.1) is 5.41 Å². The molecule has 2 aliphatic rings. The lowest BCUT2D eigenvalue weighted by Gasteiger charge is -2.42. The highest BCUT2D eigenvalue weighted by atomic mass is 16.5. The molecule has 2 N–H and O–H groups in total. The Kier molecular flexibility index (Phi) is 4.42. The van der Waals surface area contributed by atoms with Crippen LogP contribution < -0.4 is 5.73 Å². The minimum absolute atomic E-state index is 0.230. The molecule has 0 aromatic rings. The van der Waals surface area contributed by atoms with Crippen molar-refractivity contribution < 1.29 is 4.74 Å². The third-order valence-corrected chi connectivity index (χ3v) is 4.51. The molecule has 0 radical (unpaired) electrons. The zero-order chi connectivity index (χ0) is 12.3. The second kappa shape index (κ2) is 5.65. The van der Waals surface area contributed by atoms with Crippen molar-refractivity contribution >= 4 is 0 Å². The van der Waals surface area contributed by atoms with Gasteiger partial charge in [-0.05, 0) is 19.9 Å². The molecule has 17 heavy (non-hydrogen) atoms. The molecule has 0 aromatic heterocycles. The molecule has 0 spiro atoms. The van der Waals surface area contributed by atoms with E-state index in [9.17, 15) is 0 Å². The first-order valence-electron chi connectivity index (χ1n) is 6.89. The average Bonchev–Trinajstić information content (AvgIpc) is 2.81. The normalized spacial score (nSPS) is 36.5. The van der Waals surface area contributed by atoms with Crippen molar-refractivity contribution in [2.45, 2.75) is 25.8 Å². The standard InChI is InChI=1S/C13H27N3O/c1-3-12-8-16(6-5-15(12)2)10-13(9-14)4-7-17-11-13/h12H,3-11,14H2,1-2H3. The maximum absolute atomic E-state index is 5.96. The Hall–Kier alpha value is -0.160. The highest BCUT2D eigenvalue weighted by molar-refractivity contribution is 4.90. The van der Waals surface area contributed by atoms with E-state index in [-0.39, 0.29) is 5.41 Å². The minimum Gasteiger partial charge on any atom is -0.381 e. The van der Waals surface area contributed by atoms with E-state index in [1.807, 2.05) is 0 Å². The molecule has 0 saturated carbocycles. The Morgan fingerprint density at radius 3 is 2.82 bits per heavy atom. The number of nitrogens with zero attached hydrogens (tertiary/aromatic N) is 2. The second-order valence-electron chi connectivity index (χ2n) is 5.78. The summed E-state index contributed by atoms with van der Waals surface area (Å²) in [5.74, 6) is 0. The van der Waals surface area contributed by atoms with E-state index in [2.05, 4.69) is 23.8 Å². The van der Waals surface area contributed by atoms with Crippen LogP contribution in [0.15, 0.2) is 0 Å². The topological polar surface area (TPSA) is 41.7 Å². The molecule has 0 aliphatic carbocycles. The van der Waals surface area contributed by atoms with Gasteiger partial charge in [-0.2, -0.15) is 0 Å². The van der Waals surface area contributed by atoms with Gasteiger partial charge in [-0.25, -0.2) is 0 Å². The van der Waals surface area contributed by atoms with Gasteiger partial charge in [0, 0.05) is 50.8 Å². The van der Waals surface area contributed by atoms with Gasteiger partial charge in [-0.1, -0.05) is 6.92 Å². The number of hydrogen-bond donors (Lipinski definition) is 1. The van der Waals surface area contributed by atoms with E-state index in [1.54, 1.807) is 0 Å². The smallest absolute Gasteiger partial charge is 0.0547 e. The summed E-state index contributed by atoms with van der Waals surface area (Å²) in [6.07, 6.45) is 2.37. The van der Waals surface area contributed by atoms with Gasteiger partial charge in [-0.3, -0.25) is 4.90 Å². The Morgan fingerprint density at radius 1 is 1.41 bits per heavy atom. The van der Waals surface area contributed by atoms with Crippen LogP contribution in [0.25, 0.3) is 0 Å². The largest absolute Gasteiger partial charge is 0.381 e. The van der Waals surface area contributed by atoms with Crippen molar-refractivity contribution in [2.24, 2.45) is 11.1 Å². The fourth-order valence-electron chi connectivity index (χ4n) is 3.07. The predicted molar refractivity (Wildman–Crippen MR) is 70.1 cm³/mol. The average molecular weight is 241 g/mol. The van der Waals surface area contributed by atoms with Gasteiger partial charge in [-0.15, -0.1) is 0 Å². The zero-order valence-electron chi connectivity index (χ0n) is 11.3. The third-order valence-electron chi connectivity index (χ3n) is 4.51. The molecule has 2 fully saturated rings. The molecule has 2 unspecified atom stereocenters. The summed E-state index contributed by atoms with van der Waals surface area (Å²) >= 11 is 0. The van der Waals surface area contributed by atoms with Crippen molar-refractivity contribution in [1.82, 2.24) is 9.80 Å². The van der Waals surface area contributed by atoms with Crippen LogP contribution in [0.2, 0.25) is 0 Å². The number of piperazine rings is 1. The molecule has 2 aliphatic heterocycles. The highest BCUT2D eigenvalue weighted by Crippen LogP contribution is 2.29. The fraction of sp³-hybridized carbons (Fsp3) is 1.00. The van der Waals surface area contributed by atoms with Crippen molar-refractivity contribution in [3.8, 4) is 0 Å². The molecule has 0 bridgehead atoms. The molecule has 0 aromatic carbocycles. The monoisotopic (exact) mass is 241 g/mol. The lowest BCUT2D eigenvalue weighted by molar-refractivity contribution is 0.0520. The summed E-state index contributed by atoms with van der Waals surface area (Å²) in [4.78, 5) is 5.08. The van der Waals surface area contributed by atoms with E-state index in [0.29, 0.717) is 6.04 Å². The van der Waals surface area contributed by atoms with Crippen LogP contribution in [0.3, 0.4) is 0 Å². The summed E-state index contributed by atoms with van der Waals surface area (Å²) in [5.41, 5.74) is 6.19. The second-order valence-corrected chi connectivity index (χ2v) is 5.78. The Bertz CT molecular complexity index is 241. The minimum atomic E-state index is 0.230. The fourth-order valence-corrected chi connectivity index (χ4v) is 3.07. The van der Waals surface area contributed by atoms with E-state index >= 15 is 0 Å². The summed E-state index contributed by atoms with van der Waals surface area (Å²) in [7, 11) is 2.24. The van der Waals surface area contributed by atoms with Crippen LogP contribution in [-0.2, 0) is 4.74 Å². The molecule has 2 saturated heterocycles. The van der Waals surface area contributed by atoms with Crippen LogP contribution in [0.1, 0.15) is 19.8 Å². The van der Waals surface area contributed by atoms with Crippen molar-refractivity contribution in [2.75, 3.05) is 53.0 Å². The van der Waals surface area contributed by atoms with Crippen LogP contribution >= 0.6 is 0 Å². The molecule has 2 heterocycles. The predicted octanol–water partition coefficient (Wildman–Crippen LogP) is 0.378. The zero-order valence-corrected chi connectivity index (χ0v) is 11.3. The lowest BCUT2D eigenvalue weighted by Crippen LogP contribution is -2.54. The summed E-state index contributed by atoms with van der Waals surface area (Å²) < 4.78 is 5.55. The third kappa shape index (κ3) is 2.99. The van der Waals surface area contributed by atoms with Crippen LogP contribution in [-0.4, -0.2) is 68.8 Å². The molecule has 4 heteroatoms. The quantitative estimate of drug-likeness (QED) is 0.772. The van der Waals surface area contributed by atoms with E-state index in [4.69, 9.17) is 10.5 Å².